The van der Waals surface area contributed by atoms with Gasteiger partial charge in [-0.15, -0.1) is 0 Å². The van der Waals surface area contributed by atoms with Crippen LogP contribution in [0.1, 0.15) is 76.1 Å². The second-order valence-electron chi connectivity index (χ2n) is 10.0. The minimum Gasteiger partial charge on any atom is -0.337 e. The van der Waals surface area contributed by atoms with Crippen LogP contribution in [0.3, 0.4) is 0 Å². The average Bonchev–Trinajstić information content (AvgIpc) is 3.06. The zero-order valence-electron chi connectivity index (χ0n) is 21.3. The van der Waals surface area contributed by atoms with E-state index < -0.39 is 0 Å². The van der Waals surface area contributed by atoms with Crippen LogP contribution in [0.5, 0.6) is 0 Å². The SMILES string of the molecule is CCCCc1cc(-c2ncc3c(n2)N(C)C2CCC(CC)(CC)c4ccccc4N32)c(C)cn1. The quantitative estimate of drug-likeness (QED) is 0.402. The number of fused-ring (bicyclic) bond motifs is 5. The molecule has 2 aliphatic rings. The van der Waals surface area contributed by atoms with Gasteiger partial charge in [0.1, 0.15) is 11.9 Å². The highest BCUT2D eigenvalue weighted by Crippen LogP contribution is 2.52. The Balaban J connectivity index is 1.60. The fourth-order valence-electron chi connectivity index (χ4n) is 5.97. The molecule has 0 spiro atoms. The average molecular weight is 456 g/mol. The van der Waals surface area contributed by atoms with Gasteiger partial charge in [-0.25, -0.2) is 9.97 Å². The molecule has 3 aromatic rings. The molecular formula is C29H37N5. The van der Waals surface area contributed by atoms with Crippen LogP contribution in [0.25, 0.3) is 11.4 Å². The number of rotatable bonds is 6. The number of nitrogens with zero attached hydrogens (tertiary/aromatic N) is 5. The highest BCUT2D eigenvalue weighted by molar-refractivity contribution is 5.83. The van der Waals surface area contributed by atoms with Gasteiger partial charge >= 0.3 is 0 Å². The van der Waals surface area contributed by atoms with Crippen molar-refractivity contribution in [3.63, 3.8) is 0 Å². The molecule has 0 amide bonds. The first-order chi connectivity index (χ1) is 16.5. The molecule has 0 fully saturated rings. The largest absolute Gasteiger partial charge is 0.337 e. The Morgan fingerprint density at radius 1 is 1.03 bits per heavy atom. The number of aryl methyl sites for hydroxylation is 2. The second-order valence-corrected chi connectivity index (χ2v) is 10.0. The molecule has 0 N–H and O–H groups in total. The molecule has 0 saturated carbocycles. The van der Waals surface area contributed by atoms with Crippen LogP contribution in [-0.4, -0.2) is 28.2 Å². The molecule has 178 valence electrons. The highest BCUT2D eigenvalue weighted by atomic mass is 15.4. The number of benzene rings is 1. The molecule has 0 radical (unpaired) electrons. The summed E-state index contributed by atoms with van der Waals surface area (Å²) >= 11 is 0. The van der Waals surface area contributed by atoms with Crippen molar-refractivity contribution >= 4 is 17.2 Å². The molecule has 1 unspecified atom stereocenters. The van der Waals surface area contributed by atoms with Gasteiger partial charge < -0.3 is 9.80 Å². The third kappa shape index (κ3) is 3.57. The molecule has 0 bridgehead atoms. The first-order valence-electron chi connectivity index (χ1n) is 13.0. The Bertz CT molecular complexity index is 1180. The monoisotopic (exact) mass is 455 g/mol. The van der Waals surface area contributed by atoms with Crippen molar-refractivity contribution in [2.24, 2.45) is 0 Å². The van der Waals surface area contributed by atoms with Crippen LogP contribution in [0, 0.1) is 6.92 Å². The Hall–Kier alpha value is -2.95. The zero-order valence-corrected chi connectivity index (χ0v) is 21.3. The fraction of sp³-hybridized carbons (Fsp3) is 0.483. The van der Waals surface area contributed by atoms with E-state index in [-0.39, 0.29) is 11.6 Å². The predicted octanol–water partition coefficient (Wildman–Crippen LogP) is 6.96. The number of pyridine rings is 1. The second kappa shape index (κ2) is 9.01. The van der Waals surface area contributed by atoms with Gasteiger partial charge in [-0.05, 0) is 74.1 Å². The van der Waals surface area contributed by atoms with E-state index in [1.54, 1.807) is 0 Å². The van der Waals surface area contributed by atoms with E-state index in [0.29, 0.717) is 0 Å². The standard InChI is InChI=1S/C29H37N5/c1-6-9-12-21-17-22(20(4)18-30-21)27-31-19-25-28(32-27)33(5)26-15-16-29(7-2,8-3)23-13-10-11-14-24(23)34(25)26/h10-11,13-14,17-19,26H,6-9,12,15-16H2,1-5H3. The summed E-state index contributed by atoms with van der Waals surface area (Å²) in [7, 11) is 2.19. The Labute approximate surface area is 204 Å². The smallest absolute Gasteiger partial charge is 0.162 e. The van der Waals surface area contributed by atoms with Crippen molar-refractivity contribution in [1.29, 1.82) is 0 Å². The van der Waals surface area contributed by atoms with Crippen molar-refractivity contribution in [2.45, 2.75) is 84.2 Å². The molecule has 2 aliphatic heterocycles. The Morgan fingerprint density at radius 2 is 1.82 bits per heavy atom. The van der Waals surface area contributed by atoms with E-state index in [9.17, 15) is 0 Å². The van der Waals surface area contributed by atoms with E-state index in [1.807, 2.05) is 12.4 Å². The van der Waals surface area contributed by atoms with Gasteiger partial charge in [0, 0.05) is 30.2 Å². The van der Waals surface area contributed by atoms with Crippen LogP contribution in [0.4, 0.5) is 17.2 Å². The van der Waals surface area contributed by atoms with Crippen LogP contribution < -0.4 is 9.80 Å². The van der Waals surface area contributed by atoms with E-state index in [2.05, 4.69) is 79.9 Å². The highest BCUT2D eigenvalue weighted by Gasteiger charge is 2.44. The lowest BCUT2D eigenvalue weighted by Gasteiger charge is -2.33. The lowest BCUT2D eigenvalue weighted by atomic mass is 9.72. The maximum atomic E-state index is 5.14. The summed E-state index contributed by atoms with van der Waals surface area (Å²) in [6.07, 6.45) is 12.2. The van der Waals surface area contributed by atoms with Gasteiger partial charge in [0.05, 0.1) is 6.20 Å². The van der Waals surface area contributed by atoms with E-state index >= 15 is 0 Å². The number of anilines is 3. The minimum absolute atomic E-state index is 0.228. The van der Waals surface area contributed by atoms with Gasteiger partial charge in [0.15, 0.2) is 11.6 Å². The van der Waals surface area contributed by atoms with Crippen molar-refractivity contribution in [1.82, 2.24) is 15.0 Å². The summed E-state index contributed by atoms with van der Waals surface area (Å²) in [5.74, 6) is 1.82. The topological polar surface area (TPSA) is 45.2 Å². The molecular weight excluding hydrogens is 418 g/mol. The third-order valence-electron chi connectivity index (χ3n) is 8.25. The normalized spacial score (nSPS) is 18.3. The lowest BCUT2D eigenvalue weighted by molar-refractivity contribution is 0.353. The van der Waals surface area contributed by atoms with Crippen molar-refractivity contribution in [2.75, 3.05) is 16.8 Å². The summed E-state index contributed by atoms with van der Waals surface area (Å²) in [5.41, 5.74) is 7.47. The van der Waals surface area contributed by atoms with Gasteiger partial charge in [-0.2, -0.15) is 0 Å². The number of unbranched alkanes of at least 4 members (excludes halogenated alkanes) is 1. The summed E-state index contributed by atoms with van der Waals surface area (Å²) in [6.45, 7) is 9.00. The number of para-hydroxylation sites is 1. The molecule has 0 saturated heterocycles. The van der Waals surface area contributed by atoms with Crippen molar-refractivity contribution < 1.29 is 0 Å². The van der Waals surface area contributed by atoms with Gasteiger partial charge in [-0.1, -0.05) is 45.4 Å². The zero-order chi connectivity index (χ0) is 23.9. The maximum Gasteiger partial charge on any atom is 0.162 e. The summed E-state index contributed by atoms with van der Waals surface area (Å²) in [5, 5.41) is 0. The minimum atomic E-state index is 0.228. The maximum absolute atomic E-state index is 5.14. The molecule has 1 aromatic carbocycles. The molecule has 5 rings (SSSR count). The summed E-state index contributed by atoms with van der Waals surface area (Å²) < 4.78 is 0. The Morgan fingerprint density at radius 3 is 2.59 bits per heavy atom. The van der Waals surface area contributed by atoms with Gasteiger partial charge in [0.25, 0.3) is 0 Å². The van der Waals surface area contributed by atoms with Crippen molar-refractivity contribution in [3.8, 4) is 11.4 Å². The molecule has 4 heterocycles. The molecule has 5 nitrogen and oxygen atoms in total. The van der Waals surface area contributed by atoms with Crippen molar-refractivity contribution in [3.05, 3.63) is 59.5 Å². The van der Waals surface area contributed by atoms with E-state index in [1.165, 1.54) is 24.1 Å². The van der Waals surface area contributed by atoms with Crippen LogP contribution in [0.15, 0.2) is 42.7 Å². The number of hydrogen-bond donors (Lipinski definition) is 0. The molecule has 34 heavy (non-hydrogen) atoms. The van der Waals surface area contributed by atoms with Gasteiger partial charge in [0.2, 0.25) is 0 Å². The predicted molar refractivity (Wildman–Crippen MR) is 141 cm³/mol. The lowest BCUT2D eigenvalue weighted by Crippen LogP contribution is -2.38. The Kier molecular flexibility index (Phi) is 6.05. The fourth-order valence-corrected chi connectivity index (χ4v) is 5.97. The third-order valence-corrected chi connectivity index (χ3v) is 8.25. The number of aromatic nitrogens is 3. The van der Waals surface area contributed by atoms with E-state index in [0.717, 1.165) is 66.3 Å². The molecule has 0 aliphatic carbocycles. The molecule has 2 aromatic heterocycles. The first-order valence-corrected chi connectivity index (χ1v) is 13.0. The number of hydrogen-bond acceptors (Lipinski definition) is 5. The van der Waals surface area contributed by atoms with E-state index in [4.69, 9.17) is 9.97 Å². The van der Waals surface area contributed by atoms with Gasteiger partial charge in [-0.3, -0.25) is 4.98 Å². The van der Waals surface area contributed by atoms with Crippen LogP contribution in [-0.2, 0) is 11.8 Å². The van der Waals surface area contributed by atoms with Crippen LogP contribution in [0.2, 0.25) is 0 Å². The first kappa shape index (κ1) is 22.8. The summed E-state index contributed by atoms with van der Waals surface area (Å²) in [4.78, 5) is 19.5. The molecule has 5 heteroatoms. The molecule has 1 atom stereocenters. The van der Waals surface area contributed by atoms with Crippen LogP contribution >= 0.6 is 0 Å². The summed E-state index contributed by atoms with van der Waals surface area (Å²) in [6, 6.07) is 11.2.